The van der Waals surface area contributed by atoms with Crippen LogP contribution in [0.15, 0.2) is 18.5 Å². The van der Waals surface area contributed by atoms with Crippen LogP contribution in [0.5, 0.6) is 5.75 Å². The molecule has 0 atom stereocenters. The van der Waals surface area contributed by atoms with Gasteiger partial charge in [0.25, 0.3) is 5.91 Å². The van der Waals surface area contributed by atoms with Crippen molar-refractivity contribution in [3.63, 3.8) is 0 Å². The molecule has 1 aromatic heterocycles. The van der Waals surface area contributed by atoms with E-state index in [1.54, 1.807) is 4.90 Å². The SMILES string of the molecule is CN(C(=O)c1cncc(O)c1)C1CCCC1. The number of hydrogen-bond acceptors (Lipinski definition) is 3. The summed E-state index contributed by atoms with van der Waals surface area (Å²) >= 11 is 0. The number of rotatable bonds is 2. The van der Waals surface area contributed by atoms with Crippen LogP contribution in [0, 0.1) is 0 Å². The van der Waals surface area contributed by atoms with E-state index in [0.29, 0.717) is 11.6 Å². The zero-order chi connectivity index (χ0) is 11.5. The number of pyridine rings is 1. The zero-order valence-corrected chi connectivity index (χ0v) is 9.39. The Hall–Kier alpha value is -1.58. The molecule has 1 heterocycles. The molecule has 0 bridgehead atoms. The van der Waals surface area contributed by atoms with Gasteiger partial charge in [-0.1, -0.05) is 12.8 Å². The van der Waals surface area contributed by atoms with Gasteiger partial charge in [0.2, 0.25) is 0 Å². The highest BCUT2D eigenvalue weighted by Crippen LogP contribution is 2.23. The van der Waals surface area contributed by atoms with Gasteiger partial charge in [-0.25, -0.2) is 0 Å². The van der Waals surface area contributed by atoms with Crippen molar-refractivity contribution in [2.24, 2.45) is 0 Å². The maximum atomic E-state index is 12.1. The minimum absolute atomic E-state index is 0.0330. The van der Waals surface area contributed by atoms with E-state index in [0.717, 1.165) is 12.8 Å². The first-order chi connectivity index (χ1) is 7.68. The predicted molar refractivity (Wildman–Crippen MR) is 60.3 cm³/mol. The van der Waals surface area contributed by atoms with Gasteiger partial charge in [0, 0.05) is 19.3 Å². The number of aromatic nitrogens is 1. The lowest BCUT2D eigenvalue weighted by atomic mass is 10.2. The maximum absolute atomic E-state index is 12.1. The molecule has 4 heteroatoms. The maximum Gasteiger partial charge on any atom is 0.255 e. The average molecular weight is 220 g/mol. The second-order valence-corrected chi connectivity index (χ2v) is 4.29. The lowest BCUT2D eigenvalue weighted by molar-refractivity contribution is 0.0734. The van der Waals surface area contributed by atoms with Crippen molar-refractivity contribution in [1.82, 2.24) is 9.88 Å². The standard InChI is InChI=1S/C12H16N2O2/c1-14(10-4-2-3-5-10)12(16)9-6-11(15)8-13-7-9/h6-8,10,15H,2-5H2,1H3. The van der Waals surface area contributed by atoms with Crippen LogP contribution in [0.1, 0.15) is 36.0 Å². The highest BCUT2D eigenvalue weighted by Gasteiger charge is 2.24. The Balaban J connectivity index is 2.12. The van der Waals surface area contributed by atoms with Crippen LogP contribution in [0.4, 0.5) is 0 Å². The third-order valence-electron chi connectivity index (χ3n) is 3.16. The third kappa shape index (κ3) is 2.15. The van der Waals surface area contributed by atoms with Gasteiger partial charge in [0.05, 0.1) is 11.8 Å². The fourth-order valence-corrected chi connectivity index (χ4v) is 2.21. The fourth-order valence-electron chi connectivity index (χ4n) is 2.21. The fraction of sp³-hybridized carbons (Fsp3) is 0.500. The zero-order valence-electron chi connectivity index (χ0n) is 9.39. The minimum atomic E-state index is -0.0599. The molecule has 0 saturated heterocycles. The van der Waals surface area contributed by atoms with E-state index in [9.17, 15) is 9.90 Å². The summed E-state index contributed by atoms with van der Waals surface area (Å²) in [5, 5.41) is 9.28. The molecule has 86 valence electrons. The minimum Gasteiger partial charge on any atom is -0.506 e. The van der Waals surface area contributed by atoms with Crippen molar-refractivity contribution >= 4 is 5.91 Å². The first-order valence-corrected chi connectivity index (χ1v) is 5.59. The number of carbonyl (C=O) groups is 1. The molecule has 1 fully saturated rings. The summed E-state index contributed by atoms with van der Waals surface area (Å²) in [6.07, 6.45) is 7.37. The van der Waals surface area contributed by atoms with E-state index in [1.165, 1.54) is 31.3 Å². The van der Waals surface area contributed by atoms with Gasteiger partial charge in [0.15, 0.2) is 0 Å². The second-order valence-electron chi connectivity index (χ2n) is 4.29. The van der Waals surface area contributed by atoms with Crippen LogP contribution in [-0.2, 0) is 0 Å². The molecule has 0 radical (unpaired) electrons. The van der Waals surface area contributed by atoms with Crippen molar-refractivity contribution in [2.45, 2.75) is 31.7 Å². The highest BCUT2D eigenvalue weighted by atomic mass is 16.3. The third-order valence-corrected chi connectivity index (χ3v) is 3.16. The number of amides is 1. The molecular formula is C12H16N2O2. The molecule has 0 aliphatic heterocycles. The highest BCUT2D eigenvalue weighted by molar-refractivity contribution is 5.94. The van der Waals surface area contributed by atoms with Crippen LogP contribution in [-0.4, -0.2) is 34.0 Å². The number of hydrogen-bond donors (Lipinski definition) is 1. The van der Waals surface area contributed by atoms with Crippen molar-refractivity contribution in [1.29, 1.82) is 0 Å². The Morgan fingerprint density at radius 3 is 2.75 bits per heavy atom. The summed E-state index contributed by atoms with van der Waals surface area (Å²) in [6, 6.07) is 1.80. The number of carbonyl (C=O) groups excluding carboxylic acids is 1. The largest absolute Gasteiger partial charge is 0.506 e. The quantitative estimate of drug-likeness (QED) is 0.826. The molecule has 0 spiro atoms. The molecule has 0 unspecified atom stereocenters. The Kier molecular flexibility index (Phi) is 3.08. The monoisotopic (exact) mass is 220 g/mol. The van der Waals surface area contributed by atoms with Gasteiger partial charge in [-0.3, -0.25) is 9.78 Å². The van der Waals surface area contributed by atoms with Gasteiger partial charge in [0.1, 0.15) is 5.75 Å². The van der Waals surface area contributed by atoms with Gasteiger partial charge in [-0.15, -0.1) is 0 Å². The molecule has 4 nitrogen and oxygen atoms in total. The van der Waals surface area contributed by atoms with E-state index >= 15 is 0 Å². The lowest BCUT2D eigenvalue weighted by Crippen LogP contribution is -2.35. The van der Waals surface area contributed by atoms with E-state index in [1.807, 2.05) is 7.05 Å². The summed E-state index contributed by atoms with van der Waals surface area (Å²) in [5.74, 6) is -0.0269. The molecule has 2 rings (SSSR count). The van der Waals surface area contributed by atoms with Gasteiger partial charge in [-0.05, 0) is 18.9 Å². The van der Waals surface area contributed by atoms with E-state index in [2.05, 4.69) is 4.98 Å². The molecular weight excluding hydrogens is 204 g/mol. The molecule has 1 aliphatic rings. The van der Waals surface area contributed by atoms with E-state index in [4.69, 9.17) is 0 Å². The van der Waals surface area contributed by atoms with E-state index < -0.39 is 0 Å². The van der Waals surface area contributed by atoms with E-state index in [-0.39, 0.29) is 11.7 Å². The first-order valence-electron chi connectivity index (χ1n) is 5.59. The summed E-state index contributed by atoms with van der Waals surface area (Å²) in [5.41, 5.74) is 0.453. The van der Waals surface area contributed by atoms with Crippen molar-refractivity contribution < 1.29 is 9.90 Å². The Morgan fingerprint density at radius 1 is 1.44 bits per heavy atom. The van der Waals surface area contributed by atoms with Crippen LogP contribution in [0.3, 0.4) is 0 Å². The van der Waals surface area contributed by atoms with Gasteiger partial charge >= 0.3 is 0 Å². The predicted octanol–water partition coefficient (Wildman–Crippen LogP) is 1.80. The van der Waals surface area contributed by atoms with Gasteiger partial charge < -0.3 is 10.0 Å². The van der Waals surface area contributed by atoms with Crippen molar-refractivity contribution in [3.8, 4) is 5.75 Å². The lowest BCUT2D eigenvalue weighted by Gasteiger charge is -2.24. The molecule has 1 amide bonds. The summed E-state index contributed by atoms with van der Waals surface area (Å²) < 4.78 is 0. The van der Waals surface area contributed by atoms with Crippen molar-refractivity contribution in [2.75, 3.05) is 7.05 Å². The van der Waals surface area contributed by atoms with Crippen LogP contribution in [0.2, 0.25) is 0 Å². The molecule has 1 saturated carbocycles. The Bertz CT molecular complexity index is 386. The van der Waals surface area contributed by atoms with Crippen LogP contribution in [0.25, 0.3) is 0 Å². The number of aromatic hydroxyl groups is 1. The Morgan fingerprint density at radius 2 is 2.12 bits per heavy atom. The number of nitrogens with zero attached hydrogens (tertiary/aromatic N) is 2. The Labute approximate surface area is 94.9 Å². The topological polar surface area (TPSA) is 53.4 Å². The van der Waals surface area contributed by atoms with Crippen LogP contribution >= 0.6 is 0 Å². The molecule has 0 aromatic carbocycles. The first kappa shape index (κ1) is 10.9. The molecule has 16 heavy (non-hydrogen) atoms. The summed E-state index contributed by atoms with van der Waals surface area (Å²) in [7, 11) is 1.82. The summed E-state index contributed by atoms with van der Waals surface area (Å²) in [4.78, 5) is 17.6. The second kappa shape index (κ2) is 4.51. The van der Waals surface area contributed by atoms with Gasteiger partial charge in [-0.2, -0.15) is 0 Å². The summed E-state index contributed by atoms with van der Waals surface area (Å²) in [6.45, 7) is 0. The molecule has 1 aliphatic carbocycles. The molecule has 1 N–H and O–H groups in total. The normalized spacial score (nSPS) is 16.3. The average Bonchev–Trinajstić information content (AvgIpc) is 2.80. The smallest absolute Gasteiger partial charge is 0.255 e. The van der Waals surface area contributed by atoms with Crippen LogP contribution < -0.4 is 0 Å². The van der Waals surface area contributed by atoms with Crippen molar-refractivity contribution in [3.05, 3.63) is 24.0 Å². The molecule has 1 aromatic rings.